The highest BCUT2D eigenvalue weighted by Crippen LogP contribution is 2.33. The van der Waals surface area contributed by atoms with E-state index in [2.05, 4.69) is 10.3 Å². The predicted molar refractivity (Wildman–Crippen MR) is 71.1 cm³/mol. The first kappa shape index (κ1) is 15.7. The Morgan fingerprint density at radius 1 is 1.48 bits per heavy atom. The highest BCUT2D eigenvalue weighted by molar-refractivity contribution is 7.14. The maximum atomic E-state index is 12.7. The lowest BCUT2D eigenvalue weighted by Gasteiger charge is -2.33. The Kier molecular flexibility index (Phi) is 4.50. The molecule has 1 atom stereocenters. The van der Waals surface area contributed by atoms with Crippen molar-refractivity contribution in [3.05, 3.63) is 11.1 Å². The molecule has 2 rings (SSSR count). The van der Waals surface area contributed by atoms with Gasteiger partial charge < -0.3 is 10.2 Å². The second-order valence-corrected chi connectivity index (χ2v) is 5.71. The maximum absolute atomic E-state index is 12.7. The van der Waals surface area contributed by atoms with E-state index in [0.29, 0.717) is 13.0 Å². The van der Waals surface area contributed by atoms with Gasteiger partial charge >= 0.3 is 6.18 Å². The third-order valence-electron chi connectivity index (χ3n) is 3.18. The van der Waals surface area contributed by atoms with Crippen LogP contribution in [0.15, 0.2) is 5.38 Å². The monoisotopic (exact) mass is 321 g/mol. The SMILES string of the molecule is CC(=O)Nc1nc(C(=O)N2CCC[C@H](C(F)(F)F)C2)cs1. The molecule has 1 saturated heterocycles. The third kappa shape index (κ3) is 3.93. The van der Waals surface area contributed by atoms with Gasteiger partial charge in [-0.2, -0.15) is 13.2 Å². The van der Waals surface area contributed by atoms with Crippen LogP contribution in [0.25, 0.3) is 0 Å². The molecule has 1 aromatic heterocycles. The van der Waals surface area contributed by atoms with Crippen molar-refractivity contribution >= 4 is 28.3 Å². The Morgan fingerprint density at radius 3 is 2.81 bits per heavy atom. The molecular weight excluding hydrogens is 307 g/mol. The zero-order valence-electron chi connectivity index (χ0n) is 11.2. The number of carbonyl (C=O) groups excluding carboxylic acids is 2. The van der Waals surface area contributed by atoms with Crippen LogP contribution < -0.4 is 5.32 Å². The van der Waals surface area contributed by atoms with Crippen molar-refractivity contribution in [3.63, 3.8) is 0 Å². The van der Waals surface area contributed by atoms with Crippen molar-refractivity contribution in [2.45, 2.75) is 25.9 Å². The average molecular weight is 321 g/mol. The number of amides is 2. The molecular formula is C12H14F3N3O2S. The summed E-state index contributed by atoms with van der Waals surface area (Å²) in [5.41, 5.74) is 0.0616. The first-order valence-electron chi connectivity index (χ1n) is 6.36. The van der Waals surface area contributed by atoms with E-state index in [0.717, 1.165) is 11.3 Å². The highest BCUT2D eigenvalue weighted by Gasteiger charge is 2.42. The van der Waals surface area contributed by atoms with E-state index < -0.39 is 18.0 Å². The first-order valence-corrected chi connectivity index (χ1v) is 7.24. The van der Waals surface area contributed by atoms with E-state index in [9.17, 15) is 22.8 Å². The van der Waals surface area contributed by atoms with Crippen molar-refractivity contribution in [2.75, 3.05) is 18.4 Å². The Balaban J connectivity index is 2.05. The number of anilines is 1. The molecule has 1 aliphatic rings. The third-order valence-corrected chi connectivity index (χ3v) is 3.94. The predicted octanol–water partition coefficient (Wildman–Crippen LogP) is 2.52. The maximum Gasteiger partial charge on any atom is 0.393 e. The quantitative estimate of drug-likeness (QED) is 0.910. The molecule has 9 heteroatoms. The van der Waals surface area contributed by atoms with Gasteiger partial charge in [0.15, 0.2) is 5.13 Å². The largest absolute Gasteiger partial charge is 0.393 e. The number of piperidine rings is 1. The minimum Gasteiger partial charge on any atom is -0.337 e. The summed E-state index contributed by atoms with van der Waals surface area (Å²) in [6.45, 7) is 1.26. The number of aromatic nitrogens is 1. The number of nitrogens with one attached hydrogen (secondary N) is 1. The smallest absolute Gasteiger partial charge is 0.337 e. The fraction of sp³-hybridized carbons (Fsp3) is 0.583. The zero-order chi connectivity index (χ0) is 15.6. The van der Waals surface area contributed by atoms with Crippen LogP contribution in [0.5, 0.6) is 0 Å². The van der Waals surface area contributed by atoms with Crippen LogP contribution in [0.4, 0.5) is 18.3 Å². The summed E-state index contributed by atoms with van der Waals surface area (Å²) in [7, 11) is 0. The summed E-state index contributed by atoms with van der Waals surface area (Å²) in [5.74, 6) is -2.33. The second kappa shape index (κ2) is 6.00. The standard InChI is InChI=1S/C12H14F3N3O2S/c1-7(19)16-11-17-9(6-21-11)10(20)18-4-2-3-8(5-18)12(13,14)15/h6,8H,2-5H2,1H3,(H,16,17,19)/t8-/m0/s1. The Morgan fingerprint density at radius 2 is 2.19 bits per heavy atom. The van der Waals surface area contributed by atoms with Crippen molar-refractivity contribution in [3.8, 4) is 0 Å². The first-order chi connectivity index (χ1) is 9.77. The van der Waals surface area contributed by atoms with Gasteiger partial charge in [0.1, 0.15) is 5.69 Å². The fourth-order valence-electron chi connectivity index (χ4n) is 2.17. The van der Waals surface area contributed by atoms with Crippen LogP contribution in [0.2, 0.25) is 0 Å². The van der Waals surface area contributed by atoms with Gasteiger partial charge in [0, 0.05) is 25.4 Å². The van der Waals surface area contributed by atoms with Gasteiger partial charge in [-0.3, -0.25) is 9.59 Å². The molecule has 0 aliphatic carbocycles. The van der Waals surface area contributed by atoms with Crippen LogP contribution in [0.1, 0.15) is 30.3 Å². The van der Waals surface area contributed by atoms with Gasteiger partial charge in [0.2, 0.25) is 5.91 Å². The molecule has 5 nitrogen and oxygen atoms in total. The summed E-state index contributed by atoms with van der Waals surface area (Å²) in [6, 6.07) is 0. The number of thiazole rings is 1. The summed E-state index contributed by atoms with van der Waals surface area (Å²) in [4.78, 5) is 28.1. The number of likely N-dealkylation sites (tertiary alicyclic amines) is 1. The normalized spacial score (nSPS) is 19.4. The highest BCUT2D eigenvalue weighted by atomic mass is 32.1. The number of halogens is 3. The van der Waals surface area contributed by atoms with Gasteiger partial charge in [-0.05, 0) is 12.8 Å². The van der Waals surface area contributed by atoms with Crippen molar-refractivity contribution in [1.29, 1.82) is 0 Å². The molecule has 0 radical (unpaired) electrons. The van der Waals surface area contributed by atoms with E-state index in [1.807, 2.05) is 0 Å². The van der Waals surface area contributed by atoms with E-state index in [4.69, 9.17) is 0 Å². The second-order valence-electron chi connectivity index (χ2n) is 4.85. The molecule has 0 saturated carbocycles. The van der Waals surface area contributed by atoms with E-state index in [1.165, 1.54) is 17.2 Å². The van der Waals surface area contributed by atoms with Crippen LogP contribution in [-0.4, -0.2) is 41.0 Å². The number of hydrogen-bond acceptors (Lipinski definition) is 4. The van der Waals surface area contributed by atoms with Gasteiger partial charge in [0.05, 0.1) is 5.92 Å². The Labute approximate surface area is 123 Å². The molecule has 0 bridgehead atoms. The lowest BCUT2D eigenvalue weighted by atomic mass is 9.97. The topological polar surface area (TPSA) is 62.3 Å². The minimum absolute atomic E-state index is 0.0431. The Hall–Kier alpha value is -1.64. The molecule has 21 heavy (non-hydrogen) atoms. The van der Waals surface area contributed by atoms with Crippen LogP contribution in [-0.2, 0) is 4.79 Å². The summed E-state index contributed by atoms with van der Waals surface area (Å²) < 4.78 is 38.2. The van der Waals surface area contributed by atoms with Crippen LogP contribution >= 0.6 is 11.3 Å². The number of nitrogens with zero attached hydrogens (tertiary/aromatic N) is 2. The van der Waals surface area contributed by atoms with E-state index in [1.54, 1.807) is 0 Å². The van der Waals surface area contributed by atoms with Crippen molar-refractivity contribution < 1.29 is 22.8 Å². The zero-order valence-corrected chi connectivity index (χ0v) is 12.1. The average Bonchev–Trinajstić information content (AvgIpc) is 2.84. The molecule has 1 fully saturated rings. The lowest BCUT2D eigenvalue weighted by Crippen LogP contribution is -2.44. The molecule has 0 unspecified atom stereocenters. The number of rotatable bonds is 2. The van der Waals surface area contributed by atoms with E-state index >= 15 is 0 Å². The van der Waals surface area contributed by atoms with Gasteiger partial charge in [0.25, 0.3) is 5.91 Å². The Bertz CT molecular complexity index is 544. The summed E-state index contributed by atoms with van der Waals surface area (Å²) in [5, 5.41) is 4.13. The molecule has 116 valence electrons. The number of hydrogen-bond donors (Lipinski definition) is 1. The van der Waals surface area contributed by atoms with Crippen molar-refractivity contribution in [1.82, 2.24) is 9.88 Å². The van der Waals surface area contributed by atoms with Gasteiger partial charge in [-0.1, -0.05) is 0 Å². The molecule has 0 spiro atoms. The van der Waals surface area contributed by atoms with Crippen LogP contribution in [0, 0.1) is 5.92 Å². The summed E-state index contributed by atoms with van der Waals surface area (Å²) >= 11 is 1.06. The molecule has 1 aromatic rings. The molecule has 2 heterocycles. The molecule has 1 aliphatic heterocycles. The summed E-state index contributed by atoms with van der Waals surface area (Å²) in [6.07, 6.45) is -3.93. The van der Waals surface area contributed by atoms with Crippen LogP contribution in [0.3, 0.4) is 0 Å². The molecule has 0 aromatic carbocycles. The van der Waals surface area contributed by atoms with E-state index in [-0.39, 0.29) is 29.7 Å². The lowest BCUT2D eigenvalue weighted by molar-refractivity contribution is -0.184. The fourth-order valence-corrected chi connectivity index (χ4v) is 2.90. The molecule has 2 amide bonds. The number of carbonyl (C=O) groups is 2. The minimum atomic E-state index is -4.29. The molecule has 1 N–H and O–H groups in total. The van der Waals surface area contributed by atoms with Crippen molar-refractivity contribution in [2.24, 2.45) is 5.92 Å². The van der Waals surface area contributed by atoms with Gasteiger partial charge in [-0.25, -0.2) is 4.98 Å². The number of alkyl halides is 3. The van der Waals surface area contributed by atoms with Gasteiger partial charge in [-0.15, -0.1) is 11.3 Å².